The Labute approximate surface area is 153 Å². The number of rotatable bonds is 3. The van der Waals surface area contributed by atoms with E-state index in [1.54, 1.807) is 4.90 Å². The van der Waals surface area contributed by atoms with Gasteiger partial charge >= 0.3 is 6.09 Å². The van der Waals surface area contributed by atoms with E-state index in [0.717, 1.165) is 47.2 Å². The van der Waals surface area contributed by atoms with Crippen molar-refractivity contribution in [1.29, 1.82) is 0 Å². The Morgan fingerprint density at radius 3 is 2.77 bits per heavy atom. The summed E-state index contributed by atoms with van der Waals surface area (Å²) in [5.74, 6) is 0.893. The minimum atomic E-state index is -0.473. The quantitative estimate of drug-likeness (QED) is 0.899. The van der Waals surface area contributed by atoms with Gasteiger partial charge in [0.25, 0.3) is 0 Å². The summed E-state index contributed by atoms with van der Waals surface area (Å²) in [7, 11) is 0. The molecule has 1 aliphatic heterocycles. The number of H-pyrrole nitrogens is 1. The average molecular weight is 355 g/mol. The third kappa shape index (κ3) is 3.69. The van der Waals surface area contributed by atoms with E-state index in [-0.39, 0.29) is 6.09 Å². The molecule has 6 heteroatoms. The van der Waals surface area contributed by atoms with Crippen LogP contribution in [0.25, 0.3) is 16.5 Å². The Bertz CT molecular complexity index is 859. The molecule has 1 fully saturated rings. The number of benzene rings is 1. The van der Waals surface area contributed by atoms with Gasteiger partial charge in [-0.3, -0.25) is 5.10 Å². The highest BCUT2D eigenvalue weighted by Crippen LogP contribution is 2.32. The molecule has 4 rings (SSSR count). The number of carbonyl (C=O) groups is 1. The summed E-state index contributed by atoms with van der Waals surface area (Å²) in [5.41, 5.74) is 2.63. The zero-order valence-corrected chi connectivity index (χ0v) is 15.5. The number of fused-ring (bicyclic) bond motifs is 1. The van der Waals surface area contributed by atoms with Crippen LogP contribution in [0.15, 0.2) is 24.3 Å². The summed E-state index contributed by atoms with van der Waals surface area (Å²) in [4.78, 5) is 13.9. The number of amides is 1. The van der Waals surface area contributed by atoms with Gasteiger partial charge in [0, 0.05) is 24.5 Å². The molecule has 0 atom stereocenters. The molecule has 1 saturated carbocycles. The van der Waals surface area contributed by atoms with Crippen LogP contribution in [-0.4, -0.2) is 46.0 Å². The molecule has 2 heterocycles. The van der Waals surface area contributed by atoms with Gasteiger partial charge in [0.1, 0.15) is 11.4 Å². The number of nitrogens with one attached hydrogen (secondary N) is 1. The lowest BCUT2D eigenvalue weighted by atomic mass is 10.0. The second-order valence-corrected chi connectivity index (χ2v) is 8.00. The van der Waals surface area contributed by atoms with Gasteiger partial charge in [-0.15, -0.1) is 0 Å². The molecule has 1 amide bonds. The summed E-state index contributed by atoms with van der Waals surface area (Å²) in [6.07, 6.45) is 5.24. The molecule has 2 aromatic rings. The van der Waals surface area contributed by atoms with Crippen molar-refractivity contribution in [2.75, 3.05) is 13.1 Å². The summed E-state index contributed by atoms with van der Waals surface area (Å²) in [6, 6.07) is 6.09. The zero-order chi connectivity index (χ0) is 18.3. The van der Waals surface area contributed by atoms with Gasteiger partial charge < -0.3 is 14.4 Å². The molecule has 0 saturated heterocycles. The number of hydrogen-bond donors (Lipinski definition) is 1. The van der Waals surface area contributed by atoms with Crippen LogP contribution in [-0.2, 0) is 4.74 Å². The lowest BCUT2D eigenvalue weighted by molar-refractivity contribution is 0.0270. The molecular formula is C20H25N3O3. The monoisotopic (exact) mass is 355 g/mol. The van der Waals surface area contributed by atoms with Crippen LogP contribution >= 0.6 is 0 Å². The fraction of sp³-hybridized carbons (Fsp3) is 0.500. The Morgan fingerprint density at radius 2 is 2.12 bits per heavy atom. The highest BCUT2D eigenvalue weighted by molar-refractivity contribution is 5.91. The summed E-state index contributed by atoms with van der Waals surface area (Å²) in [6.45, 7) is 6.83. The SMILES string of the molecule is CC(C)(C)OC(=O)N1CC=C(c2n[nH]c3cc(OC4CC4)ccc23)CC1. The van der Waals surface area contributed by atoms with Crippen LogP contribution in [0.2, 0.25) is 0 Å². The smallest absolute Gasteiger partial charge is 0.410 e. The predicted octanol–water partition coefficient (Wildman–Crippen LogP) is 4.13. The van der Waals surface area contributed by atoms with E-state index < -0.39 is 5.60 Å². The van der Waals surface area contributed by atoms with E-state index in [2.05, 4.69) is 22.3 Å². The zero-order valence-electron chi connectivity index (χ0n) is 15.5. The van der Waals surface area contributed by atoms with Crippen LogP contribution < -0.4 is 4.74 Å². The molecule has 138 valence electrons. The van der Waals surface area contributed by atoms with Crippen molar-refractivity contribution >= 4 is 22.6 Å². The first kappa shape index (κ1) is 16.9. The van der Waals surface area contributed by atoms with E-state index in [0.29, 0.717) is 19.2 Å². The van der Waals surface area contributed by atoms with Crippen LogP contribution in [0.3, 0.4) is 0 Å². The van der Waals surface area contributed by atoms with Gasteiger partial charge in [0.15, 0.2) is 0 Å². The van der Waals surface area contributed by atoms with Crippen molar-refractivity contribution in [3.05, 3.63) is 30.0 Å². The minimum absolute atomic E-state index is 0.262. The first-order chi connectivity index (χ1) is 12.4. The molecule has 0 unspecified atom stereocenters. The topological polar surface area (TPSA) is 67.5 Å². The maximum Gasteiger partial charge on any atom is 0.410 e. The van der Waals surface area contributed by atoms with Crippen LogP contribution in [0.1, 0.15) is 45.7 Å². The molecule has 1 aliphatic carbocycles. The number of carbonyl (C=O) groups excluding carboxylic acids is 1. The Hall–Kier alpha value is -2.50. The number of ether oxygens (including phenoxy) is 2. The van der Waals surface area contributed by atoms with Gasteiger partial charge in [0.05, 0.1) is 17.3 Å². The van der Waals surface area contributed by atoms with E-state index in [1.807, 2.05) is 32.9 Å². The molecule has 1 N–H and O–H groups in total. The van der Waals surface area contributed by atoms with Crippen molar-refractivity contribution in [3.8, 4) is 5.75 Å². The number of aromatic nitrogens is 2. The summed E-state index contributed by atoms with van der Waals surface area (Å²) < 4.78 is 11.3. The van der Waals surface area contributed by atoms with Gasteiger partial charge in [0.2, 0.25) is 0 Å². The highest BCUT2D eigenvalue weighted by atomic mass is 16.6. The predicted molar refractivity (Wildman–Crippen MR) is 100 cm³/mol. The van der Waals surface area contributed by atoms with Gasteiger partial charge in [-0.05, 0) is 57.7 Å². The molecule has 0 bridgehead atoms. The maximum absolute atomic E-state index is 12.2. The van der Waals surface area contributed by atoms with Crippen molar-refractivity contribution in [2.24, 2.45) is 0 Å². The molecule has 6 nitrogen and oxygen atoms in total. The van der Waals surface area contributed by atoms with Gasteiger partial charge in [-0.2, -0.15) is 5.10 Å². The normalized spacial score (nSPS) is 18.0. The molecule has 0 radical (unpaired) electrons. The lowest BCUT2D eigenvalue weighted by Crippen LogP contribution is -2.39. The van der Waals surface area contributed by atoms with Crippen LogP contribution in [0.4, 0.5) is 4.79 Å². The second-order valence-electron chi connectivity index (χ2n) is 8.00. The third-order valence-corrected chi connectivity index (χ3v) is 4.53. The largest absolute Gasteiger partial charge is 0.490 e. The molecular weight excluding hydrogens is 330 g/mol. The second kappa shape index (κ2) is 6.34. The van der Waals surface area contributed by atoms with Crippen molar-refractivity contribution in [1.82, 2.24) is 15.1 Å². The summed E-state index contributed by atoms with van der Waals surface area (Å²) >= 11 is 0. The average Bonchev–Trinajstić information content (AvgIpc) is 3.30. The minimum Gasteiger partial charge on any atom is -0.490 e. The Kier molecular flexibility index (Phi) is 4.13. The van der Waals surface area contributed by atoms with Gasteiger partial charge in [-0.25, -0.2) is 4.79 Å². The van der Waals surface area contributed by atoms with E-state index in [1.165, 1.54) is 0 Å². The number of hydrogen-bond acceptors (Lipinski definition) is 4. The fourth-order valence-corrected chi connectivity index (χ4v) is 3.07. The van der Waals surface area contributed by atoms with Crippen molar-refractivity contribution in [3.63, 3.8) is 0 Å². The molecule has 0 spiro atoms. The maximum atomic E-state index is 12.2. The lowest BCUT2D eigenvalue weighted by Gasteiger charge is -2.29. The standard InChI is InChI=1S/C20H25N3O3/c1-20(2,3)26-19(24)23-10-8-13(9-11-23)18-16-7-6-15(25-14-4-5-14)12-17(16)21-22-18/h6-8,12,14H,4-5,9-11H2,1-3H3,(H,21,22). The third-order valence-electron chi connectivity index (χ3n) is 4.53. The number of aromatic amines is 1. The van der Waals surface area contributed by atoms with Crippen LogP contribution in [0, 0.1) is 0 Å². The molecule has 2 aliphatic rings. The Morgan fingerprint density at radius 1 is 1.31 bits per heavy atom. The molecule has 26 heavy (non-hydrogen) atoms. The first-order valence-electron chi connectivity index (χ1n) is 9.21. The fourth-order valence-electron chi connectivity index (χ4n) is 3.07. The van der Waals surface area contributed by atoms with E-state index in [9.17, 15) is 4.79 Å². The van der Waals surface area contributed by atoms with Crippen molar-refractivity contribution < 1.29 is 14.3 Å². The van der Waals surface area contributed by atoms with E-state index in [4.69, 9.17) is 9.47 Å². The summed E-state index contributed by atoms with van der Waals surface area (Å²) in [5, 5.41) is 8.70. The van der Waals surface area contributed by atoms with E-state index >= 15 is 0 Å². The Balaban J connectivity index is 1.48. The molecule has 1 aromatic heterocycles. The molecule has 1 aromatic carbocycles. The van der Waals surface area contributed by atoms with Crippen molar-refractivity contribution in [2.45, 2.75) is 51.7 Å². The first-order valence-corrected chi connectivity index (χ1v) is 9.21. The van der Waals surface area contributed by atoms with Crippen LogP contribution in [0.5, 0.6) is 5.75 Å². The highest BCUT2D eigenvalue weighted by Gasteiger charge is 2.26. The number of nitrogens with zero attached hydrogens (tertiary/aromatic N) is 2. The van der Waals surface area contributed by atoms with Gasteiger partial charge in [-0.1, -0.05) is 6.08 Å².